The van der Waals surface area contributed by atoms with Gasteiger partial charge >= 0.3 is 5.97 Å². The lowest BCUT2D eigenvalue weighted by atomic mass is 10.2. The number of ether oxygens (including phenoxy) is 1. The van der Waals surface area contributed by atoms with Gasteiger partial charge in [-0.3, -0.25) is 4.79 Å². The van der Waals surface area contributed by atoms with Crippen LogP contribution in [0.4, 0.5) is 14.5 Å². The van der Waals surface area contributed by atoms with E-state index in [0.717, 1.165) is 21.8 Å². The maximum Gasteiger partial charge on any atom is 0.344 e. The Bertz CT molecular complexity index is 684. The highest BCUT2D eigenvalue weighted by Gasteiger charge is 2.19. The summed E-state index contributed by atoms with van der Waals surface area (Å²) < 4.78 is 32.3. The molecule has 0 spiro atoms. The molecule has 114 valence electrons. The van der Waals surface area contributed by atoms with Crippen LogP contribution in [0.15, 0.2) is 42.5 Å². The molecule has 0 bridgehead atoms. The fraction of sp³-hybridized carbons (Fsp3) is 0.0667. The summed E-state index contributed by atoms with van der Waals surface area (Å²) >= 11 is 2.11. The van der Waals surface area contributed by atoms with E-state index in [-0.39, 0.29) is 0 Å². The summed E-state index contributed by atoms with van der Waals surface area (Å²) in [6.07, 6.45) is 0. The number of anilines is 1. The summed E-state index contributed by atoms with van der Waals surface area (Å²) in [7, 11) is 0. The first kappa shape index (κ1) is 16.3. The Morgan fingerprint density at radius 3 is 2.23 bits per heavy atom. The highest BCUT2D eigenvalue weighted by molar-refractivity contribution is 14.1. The summed E-state index contributed by atoms with van der Waals surface area (Å²) in [5.74, 6) is -3.91. The van der Waals surface area contributed by atoms with Gasteiger partial charge in [0.05, 0.1) is 0 Å². The monoisotopic (exact) mass is 417 g/mol. The third-order valence-corrected chi connectivity index (χ3v) is 3.35. The SMILES string of the molecule is O=C(COC(=O)c1c(F)cccc1F)Nc1ccc(I)cc1. The van der Waals surface area contributed by atoms with Crippen molar-refractivity contribution in [2.75, 3.05) is 11.9 Å². The molecule has 0 aliphatic heterocycles. The Hall–Kier alpha value is -2.03. The van der Waals surface area contributed by atoms with Gasteiger partial charge in [-0.2, -0.15) is 0 Å². The fourth-order valence-electron chi connectivity index (χ4n) is 1.63. The zero-order chi connectivity index (χ0) is 16.1. The van der Waals surface area contributed by atoms with Crippen LogP contribution >= 0.6 is 22.6 Å². The number of esters is 1. The Labute approximate surface area is 138 Å². The maximum atomic E-state index is 13.4. The number of hydrogen-bond donors (Lipinski definition) is 1. The van der Waals surface area contributed by atoms with Crippen LogP contribution in [0, 0.1) is 15.2 Å². The van der Waals surface area contributed by atoms with Crippen molar-refractivity contribution in [2.24, 2.45) is 0 Å². The third kappa shape index (κ3) is 4.23. The quantitative estimate of drug-likeness (QED) is 0.614. The molecule has 0 aliphatic carbocycles. The molecule has 2 aromatic rings. The molecular formula is C15H10F2INO3. The van der Waals surface area contributed by atoms with Crippen LogP contribution in [0.5, 0.6) is 0 Å². The topological polar surface area (TPSA) is 55.4 Å². The number of benzene rings is 2. The van der Waals surface area contributed by atoms with E-state index in [4.69, 9.17) is 0 Å². The Morgan fingerprint density at radius 2 is 1.64 bits per heavy atom. The van der Waals surface area contributed by atoms with E-state index >= 15 is 0 Å². The summed E-state index contributed by atoms with van der Waals surface area (Å²) in [6, 6.07) is 9.94. The molecular weight excluding hydrogens is 407 g/mol. The molecule has 0 unspecified atom stereocenters. The lowest BCUT2D eigenvalue weighted by molar-refractivity contribution is -0.119. The summed E-state index contributed by atoms with van der Waals surface area (Å²) in [5, 5.41) is 2.50. The first-order valence-corrected chi connectivity index (χ1v) is 7.22. The van der Waals surface area contributed by atoms with Gasteiger partial charge in [-0.15, -0.1) is 0 Å². The van der Waals surface area contributed by atoms with Gasteiger partial charge in [-0.25, -0.2) is 13.6 Å². The van der Waals surface area contributed by atoms with Crippen molar-refractivity contribution in [3.63, 3.8) is 0 Å². The minimum atomic E-state index is -1.23. The van der Waals surface area contributed by atoms with Gasteiger partial charge in [-0.1, -0.05) is 6.07 Å². The average Bonchev–Trinajstić information content (AvgIpc) is 2.47. The van der Waals surface area contributed by atoms with Crippen molar-refractivity contribution in [3.8, 4) is 0 Å². The lowest BCUT2D eigenvalue weighted by Crippen LogP contribution is -2.21. The Morgan fingerprint density at radius 1 is 1.05 bits per heavy atom. The normalized spacial score (nSPS) is 10.1. The van der Waals surface area contributed by atoms with E-state index in [0.29, 0.717) is 5.69 Å². The maximum absolute atomic E-state index is 13.4. The standard InChI is InChI=1S/C15H10F2INO3/c16-11-2-1-3-12(17)14(11)15(21)22-8-13(20)19-10-6-4-9(18)5-7-10/h1-7H,8H2,(H,19,20). The van der Waals surface area contributed by atoms with E-state index < -0.39 is 35.7 Å². The number of carbonyl (C=O) groups is 2. The molecule has 2 rings (SSSR count). The molecule has 4 nitrogen and oxygen atoms in total. The molecule has 1 amide bonds. The van der Waals surface area contributed by atoms with E-state index in [9.17, 15) is 18.4 Å². The van der Waals surface area contributed by atoms with Crippen molar-refractivity contribution in [1.82, 2.24) is 0 Å². The Balaban J connectivity index is 1.93. The van der Waals surface area contributed by atoms with Gasteiger partial charge < -0.3 is 10.1 Å². The Kier molecular flexibility index (Phi) is 5.42. The molecule has 2 aromatic carbocycles. The molecule has 0 aliphatic rings. The first-order valence-electron chi connectivity index (χ1n) is 6.14. The zero-order valence-electron chi connectivity index (χ0n) is 11.1. The second-order valence-electron chi connectivity index (χ2n) is 4.23. The summed E-state index contributed by atoms with van der Waals surface area (Å²) in [5.41, 5.74) is -0.289. The first-order chi connectivity index (χ1) is 10.5. The van der Waals surface area contributed by atoms with Crippen molar-refractivity contribution < 1.29 is 23.1 Å². The molecule has 1 N–H and O–H groups in total. The van der Waals surface area contributed by atoms with Crippen molar-refractivity contribution >= 4 is 40.2 Å². The van der Waals surface area contributed by atoms with Crippen molar-refractivity contribution in [2.45, 2.75) is 0 Å². The van der Waals surface area contributed by atoms with E-state index in [1.54, 1.807) is 24.3 Å². The number of nitrogens with one attached hydrogen (secondary N) is 1. The van der Waals surface area contributed by atoms with Crippen LogP contribution in [0.1, 0.15) is 10.4 Å². The number of hydrogen-bond acceptors (Lipinski definition) is 3. The van der Waals surface area contributed by atoms with Crippen molar-refractivity contribution in [1.29, 1.82) is 0 Å². The minimum Gasteiger partial charge on any atom is -0.452 e. The van der Waals surface area contributed by atoms with Crippen LogP contribution in [0.2, 0.25) is 0 Å². The average molecular weight is 417 g/mol. The summed E-state index contributed by atoms with van der Waals surface area (Å²) in [4.78, 5) is 23.2. The highest BCUT2D eigenvalue weighted by Crippen LogP contribution is 2.14. The molecule has 0 radical (unpaired) electrons. The van der Waals surface area contributed by atoms with Gasteiger partial charge in [-0.05, 0) is 59.0 Å². The van der Waals surface area contributed by atoms with Gasteiger partial charge in [0.15, 0.2) is 6.61 Å². The van der Waals surface area contributed by atoms with Crippen LogP contribution in [-0.2, 0) is 9.53 Å². The number of amides is 1. The van der Waals surface area contributed by atoms with Gasteiger partial charge in [0.2, 0.25) is 0 Å². The molecule has 0 aromatic heterocycles. The molecule has 0 fully saturated rings. The highest BCUT2D eigenvalue weighted by atomic mass is 127. The molecule has 0 atom stereocenters. The molecule has 7 heteroatoms. The van der Waals surface area contributed by atoms with Gasteiger partial charge in [0.25, 0.3) is 5.91 Å². The fourth-order valence-corrected chi connectivity index (χ4v) is 1.99. The van der Waals surface area contributed by atoms with E-state index in [1.165, 1.54) is 0 Å². The second kappa shape index (κ2) is 7.30. The molecule has 0 heterocycles. The number of halogens is 3. The van der Waals surface area contributed by atoms with Crippen LogP contribution < -0.4 is 5.32 Å². The lowest BCUT2D eigenvalue weighted by Gasteiger charge is -2.07. The van der Waals surface area contributed by atoms with Crippen molar-refractivity contribution in [3.05, 3.63) is 63.2 Å². The van der Waals surface area contributed by atoms with E-state index in [1.807, 2.05) is 0 Å². The minimum absolute atomic E-state index is 0.526. The predicted molar refractivity (Wildman–Crippen MR) is 84.4 cm³/mol. The molecule has 0 saturated heterocycles. The smallest absolute Gasteiger partial charge is 0.344 e. The van der Waals surface area contributed by atoms with Gasteiger partial charge in [0.1, 0.15) is 17.2 Å². The second-order valence-corrected chi connectivity index (χ2v) is 5.47. The predicted octanol–water partition coefficient (Wildman–Crippen LogP) is 3.36. The van der Waals surface area contributed by atoms with Crippen LogP contribution in [0.3, 0.4) is 0 Å². The van der Waals surface area contributed by atoms with E-state index in [2.05, 4.69) is 32.6 Å². The van der Waals surface area contributed by atoms with Gasteiger partial charge in [0, 0.05) is 9.26 Å². The zero-order valence-corrected chi connectivity index (χ0v) is 13.3. The van der Waals surface area contributed by atoms with Crippen LogP contribution in [-0.4, -0.2) is 18.5 Å². The summed E-state index contributed by atoms with van der Waals surface area (Å²) in [6.45, 7) is -0.640. The third-order valence-electron chi connectivity index (χ3n) is 2.63. The number of rotatable bonds is 4. The number of carbonyl (C=O) groups excluding carboxylic acids is 2. The molecule has 22 heavy (non-hydrogen) atoms. The largest absolute Gasteiger partial charge is 0.452 e. The molecule has 0 saturated carbocycles. The van der Waals surface area contributed by atoms with Crippen LogP contribution in [0.25, 0.3) is 0 Å².